The van der Waals surface area contributed by atoms with Crippen molar-refractivity contribution in [1.29, 1.82) is 0 Å². The van der Waals surface area contributed by atoms with E-state index in [0.29, 0.717) is 0 Å². The van der Waals surface area contributed by atoms with Gasteiger partial charge in [0.2, 0.25) is 0 Å². The fourth-order valence-electron chi connectivity index (χ4n) is 2.50. The molecule has 0 spiro atoms. The maximum atomic E-state index is 11.9. The van der Waals surface area contributed by atoms with Gasteiger partial charge in [-0.15, -0.1) is 0 Å². The molecule has 2 rings (SSSR count). The summed E-state index contributed by atoms with van der Waals surface area (Å²) in [5, 5.41) is 1.00. The molecule has 0 aromatic heterocycles. The number of allylic oxidation sites excluding steroid dienone is 2. The van der Waals surface area contributed by atoms with Gasteiger partial charge in [-0.1, -0.05) is 11.8 Å². The number of rotatable bonds is 5. The minimum Gasteiger partial charge on any atom is -0.462 e. The van der Waals surface area contributed by atoms with Crippen molar-refractivity contribution in [2.24, 2.45) is 0 Å². The lowest BCUT2D eigenvalue weighted by Crippen LogP contribution is -2.17. The van der Waals surface area contributed by atoms with Crippen molar-refractivity contribution in [3.05, 3.63) is 46.0 Å². The van der Waals surface area contributed by atoms with Crippen LogP contribution in [0.25, 0.3) is 0 Å². The van der Waals surface area contributed by atoms with E-state index in [9.17, 15) is 9.59 Å². The normalized spacial score (nSPS) is 15.6. The third-order valence-electron chi connectivity index (χ3n) is 3.93. The number of carbonyl (C=O) groups excluding carboxylic acids is 2. The Morgan fingerprint density at radius 1 is 1.21 bits per heavy atom. The number of benzene rings is 1. The zero-order valence-corrected chi connectivity index (χ0v) is 15.6. The summed E-state index contributed by atoms with van der Waals surface area (Å²) in [6.07, 6.45) is 3.39. The lowest BCUT2D eigenvalue weighted by molar-refractivity contribution is -0.139. The Balaban J connectivity index is 2.37. The number of aryl methyl sites for hydroxylation is 2. The molecule has 0 N–H and O–H groups in total. The van der Waals surface area contributed by atoms with Gasteiger partial charge in [0.15, 0.2) is 5.78 Å². The van der Waals surface area contributed by atoms with Gasteiger partial charge in [-0.25, -0.2) is 4.79 Å². The summed E-state index contributed by atoms with van der Waals surface area (Å²) in [4.78, 5) is 27.0. The first-order chi connectivity index (χ1) is 11.4. The molecule has 0 radical (unpaired) electrons. The zero-order valence-electron chi connectivity index (χ0n) is 14.8. The highest BCUT2D eigenvalue weighted by Crippen LogP contribution is 2.46. The first kappa shape index (κ1) is 18.3. The van der Waals surface area contributed by atoms with E-state index >= 15 is 0 Å². The number of hydrogen-bond acceptors (Lipinski definition) is 5. The first-order valence-corrected chi connectivity index (χ1v) is 8.87. The molecule has 0 atom stereocenters. The summed E-state index contributed by atoms with van der Waals surface area (Å²) in [6, 6.07) is 4.36. The van der Waals surface area contributed by atoms with E-state index < -0.39 is 5.97 Å². The molecule has 0 fully saturated rings. The fourth-order valence-corrected chi connectivity index (χ4v) is 3.70. The predicted molar refractivity (Wildman–Crippen MR) is 98.3 cm³/mol. The van der Waals surface area contributed by atoms with Crippen molar-refractivity contribution in [2.45, 2.75) is 39.5 Å². The van der Waals surface area contributed by atoms with Gasteiger partial charge in [0.25, 0.3) is 0 Å². The van der Waals surface area contributed by atoms with Crippen LogP contribution in [-0.4, -0.2) is 24.9 Å². The number of hydrogen-bond donors (Lipinski definition) is 0. The largest absolute Gasteiger partial charge is 0.462 e. The fraction of sp³-hybridized carbons (Fsp3) is 0.368. The molecule has 1 aliphatic rings. The minimum atomic E-state index is -0.572. The summed E-state index contributed by atoms with van der Waals surface area (Å²) in [6.45, 7) is 10.5. The standard InChI is InChI=1S/C19H23NO3S/c1-6-20-16-10-12(3)13(4)11-17(16)24-18(20)9-8-15(14(5)21)19(22)23-7-2/h8-11H,6-7H2,1-5H3. The number of nitrogens with zero attached hydrogens (tertiary/aromatic N) is 1. The third-order valence-corrected chi connectivity index (χ3v) is 5.04. The summed E-state index contributed by atoms with van der Waals surface area (Å²) < 4.78 is 4.95. The van der Waals surface area contributed by atoms with E-state index in [0.717, 1.165) is 11.6 Å². The van der Waals surface area contributed by atoms with Crippen LogP contribution in [-0.2, 0) is 14.3 Å². The second-order valence-electron chi connectivity index (χ2n) is 5.61. The number of fused-ring (bicyclic) bond motifs is 1. The van der Waals surface area contributed by atoms with Gasteiger partial charge in [-0.3, -0.25) is 4.79 Å². The van der Waals surface area contributed by atoms with Gasteiger partial charge in [0.05, 0.1) is 17.3 Å². The van der Waals surface area contributed by atoms with Gasteiger partial charge in [-0.05, 0) is 70.0 Å². The van der Waals surface area contributed by atoms with Crippen LogP contribution in [0.3, 0.4) is 0 Å². The van der Waals surface area contributed by atoms with E-state index in [1.807, 2.05) is 6.08 Å². The van der Waals surface area contributed by atoms with Crippen LogP contribution in [0, 0.1) is 13.8 Å². The number of esters is 1. The van der Waals surface area contributed by atoms with Gasteiger partial charge >= 0.3 is 5.97 Å². The van der Waals surface area contributed by atoms with Crippen LogP contribution in [0.4, 0.5) is 5.69 Å². The molecule has 0 saturated heterocycles. The zero-order chi connectivity index (χ0) is 17.9. The molecule has 1 aliphatic heterocycles. The summed E-state index contributed by atoms with van der Waals surface area (Å²) >= 11 is 1.65. The van der Waals surface area contributed by atoms with Crippen molar-refractivity contribution in [3.63, 3.8) is 0 Å². The van der Waals surface area contributed by atoms with E-state index in [2.05, 4.69) is 37.8 Å². The number of Topliss-reactive ketones (excluding diaryl/α,β-unsaturated/α-hetero) is 1. The molecule has 5 heteroatoms. The molecule has 1 aromatic rings. The molecule has 4 nitrogen and oxygen atoms in total. The smallest absolute Gasteiger partial charge is 0.341 e. The van der Waals surface area contributed by atoms with E-state index in [4.69, 9.17) is 4.74 Å². The van der Waals surface area contributed by atoms with Crippen molar-refractivity contribution in [1.82, 2.24) is 0 Å². The topological polar surface area (TPSA) is 46.6 Å². The number of ether oxygens (including phenoxy) is 1. The molecule has 0 amide bonds. The van der Waals surface area contributed by atoms with E-state index in [-0.39, 0.29) is 18.0 Å². The Morgan fingerprint density at radius 2 is 1.88 bits per heavy atom. The summed E-state index contributed by atoms with van der Waals surface area (Å²) in [5.41, 5.74) is 3.75. The molecule has 0 aliphatic carbocycles. The molecule has 128 valence electrons. The summed E-state index contributed by atoms with van der Waals surface area (Å²) in [5.74, 6) is -0.863. The third kappa shape index (κ3) is 3.73. The number of anilines is 1. The Hall–Kier alpha value is -2.01. The van der Waals surface area contributed by atoms with Gasteiger partial charge in [-0.2, -0.15) is 0 Å². The van der Waals surface area contributed by atoms with Crippen LogP contribution in [0.15, 0.2) is 39.8 Å². The molecule has 0 saturated carbocycles. The molecule has 1 aromatic carbocycles. The molecule has 0 bridgehead atoms. The molecule has 24 heavy (non-hydrogen) atoms. The lowest BCUT2D eigenvalue weighted by Gasteiger charge is -2.18. The van der Waals surface area contributed by atoms with E-state index in [1.165, 1.54) is 28.6 Å². The van der Waals surface area contributed by atoms with Gasteiger partial charge in [0, 0.05) is 11.4 Å². The summed E-state index contributed by atoms with van der Waals surface area (Å²) in [7, 11) is 0. The van der Waals surface area contributed by atoms with Gasteiger partial charge < -0.3 is 9.64 Å². The SMILES string of the molecule is CCOC(=O)C(=CC=C1Sc2cc(C)c(C)cc2N1CC)C(C)=O. The van der Waals surface area contributed by atoms with Crippen molar-refractivity contribution in [2.75, 3.05) is 18.1 Å². The lowest BCUT2D eigenvalue weighted by atomic mass is 10.1. The van der Waals surface area contributed by atoms with Crippen molar-refractivity contribution >= 4 is 29.2 Å². The number of ketones is 1. The average molecular weight is 345 g/mol. The highest BCUT2D eigenvalue weighted by atomic mass is 32.2. The van der Waals surface area contributed by atoms with Crippen molar-refractivity contribution < 1.29 is 14.3 Å². The van der Waals surface area contributed by atoms with Crippen LogP contribution in [0.2, 0.25) is 0 Å². The second kappa shape index (κ2) is 7.71. The second-order valence-corrected chi connectivity index (χ2v) is 6.67. The molecular weight excluding hydrogens is 322 g/mol. The van der Waals surface area contributed by atoms with Gasteiger partial charge in [0.1, 0.15) is 5.57 Å². The molecule has 1 heterocycles. The maximum Gasteiger partial charge on any atom is 0.341 e. The monoisotopic (exact) mass is 345 g/mol. The van der Waals surface area contributed by atoms with Crippen molar-refractivity contribution in [3.8, 4) is 0 Å². The quantitative estimate of drug-likeness (QED) is 0.347. The highest BCUT2D eigenvalue weighted by molar-refractivity contribution is 8.03. The van der Waals surface area contributed by atoms with Crippen LogP contribution < -0.4 is 4.90 Å². The average Bonchev–Trinajstić information content (AvgIpc) is 2.84. The van der Waals surface area contributed by atoms with Crippen LogP contribution in [0.5, 0.6) is 0 Å². The Bertz CT molecular complexity index is 734. The predicted octanol–water partition coefficient (Wildman–Crippen LogP) is 4.16. The number of carbonyl (C=O) groups is 2. The van der Waals surface area contributed by atoms with E-state index in [1.54, 1.807) is 24.8 Å². The minimum absolute atomic E-state index is 0.0734. The Kier molecular flexibility index (Phi) is 5.89. The maximum absolute atomic E-state index is 11.9. The Labute approximate surface area is 147 Å². The van der Waals surface area contributed by atoms with Crippen LogP contribution in [0.1, 0.15) is 31.9 Å². The van der Waals surface area contributed by atoms with Crippen LogP contribution >= 0.6 is 11.8 Å². The Morgan fingerprint density at radius 3 is 2.46 bits per heavy atom. The highest BCUT2D eigenvalue weighted by Gasteiger charge is 2.24. The first-order valence-electron chi connectivity index (χ1n) is 8.05. The molecule has 0 unspecified atom stereocenters. The molecular formula is C19H23NO3S. The number of thioether (sulfide) groups is 1.